The van der Waals surface area contributed by atoms with Gasteiger partial charge in [-0.05, 0) is 30.7 Å². The monoisotopic (exact) mass is 279 g/mol. The largest absolute Gasteiger partial charge is 0.275 e. The second-order valence-corrected chi connectivity index (χ2v) is 4.65. The van der Waals surface area contributed by atoms with Gasteiger partial charge in [0, 0.05) is 35.6 Å². The lowest BCUT2D eigenvalue weighted by Crippen LogP contribution is -1.94. The Morgan fingerprint density at radius 1 is 1.14 bits per heavy atom. The third-order valence-corrected chi connectivity index (χ3v) is 3.15. The van der Waals surface area contributed by atoms with Crippen LogP contribution in [0, 0.1) is 6.92 Å². The first-order valence-corrected chi connectivity index (χ1v) is 6.39. The van der Waals surface area contributed by atoms with Crippen molar-refractivity contribution in [1.82, 2.24) is 19.6 Å². The Kier molecular flexibility index (Phi) is 3.17. The highest BCUT2D eigenvalue weighted by Crippen LogP contribution is 2.22. The van der Waals surface area contributed by atoms with Crippen LogP contribution in [0.2, 0.25) is 0 Å². The first kappa shape index (κ1) is 13.0. The van der Waals surface area contributed by atoms with Crippen LogP contribution in [-0.2, 0) is 7.05 Å². The molecule has 3 rings (SSSR count). The minimum absolute atomic E-state index is 0.580. The number of aromatic nitrogens is 4. The van der Waals surface area contributed by atoms with E-state index in [4.69, 9.17) is 5.53 Å². The minimum Gasteiger partial charge on any atom is -0.275 e. The van der Waals surface area contributed by atoms with Crippen molar-refractivity contribution in [3.05, 3.63) is 58.9 Å². The molecule has 7 nitrogen and oxygen atoms in total. The second kappa shape index (κ2) is 5.15. The van der Waals surface area contributed by atoms with Gasteiger partial charge in [-0.1, -0.05) is 17.2 Å². The molecule has 0 bridgehead atoms. The maximum Gasteiger partial charge on any atom is 0.0961 e. The molecule has 0 N–H and O–H groups in total. The van der Waals surface area contributed by atoms with Gasteiger partial charge in [0.05, 0.1) is 17.1 Å². The van der Waals surface area contributed by atoms with Crippen LogP contribution >= 0.6 is 0 Å². The van der Waals surface area contributed by atoms with Gasteiger partial charge in [-0.25, -0.2) is 4.68 Å². The summed E-state index contributed by atoms with van der Waals surface area (Å²) >= 11 is 0. The molecule has 2 aromatic heterocycles. The number of hydrogen-bond donors (Lipinski definition) is 0. The van der Waals surface area contributed by atoms with Gasteiger partial charge >= 0.3 is 0 Å². The fourth-order valence-corrected chi connectivity index (χ4v) is 2.19. The summed E-state index contributed by atoms with van der Waals surface area (Å²) in [6, 6.07) is 9.18. The Balaban J connectivity index is 1.94. The van der Waals surface area contributed by atoms with Crippen molar-refractivity contribution in [2.75, 3.05) is 0 Å². The molecule has 0 radical (unpaired) electrons. The SMILES string of the molecule is Cc1nn(C)cc1-c1ccn(-c2ccc(N=[N+]=[N-])cc2)n1. The average Bonchev–Trinajstić information content (AvgIpc) is 3.06. The van der Waals surface area contributed by atoms with Crippen molar-refractivity contribution in [3.8, 4) is 16.9 Å². The van der Waals surface area contributed by atoms with E-state index in [1.165, 1.54) is 0 Å². The lowest BCUT2D eigenvalue weighted by molar-refractivity contribution is 0.756. The third kappa shape index (κ3) is 2.50. The average molecular weight is 279 g/mol. The highest BCUT2D eigenvalue weighted by Gasteiger charge is 2.09. The van der Waals surface area contributed by atoms with Gasteiger partial charge in [-0.15, -0.1) is 0 Å². The van der Waals surface area contributed by atoms with Gasteiger partial charge in [0.1, 0.15) is 0 Å². The number of azide groups is 1. The van der Waals surface area contributed by atoms with Crippen molar-refractivity contribution in [3.63, 3.8) is 0 Å². The van der Waals surface area contributed by atoms with E-state index in [9.17, 15) is 0 Å². The molecule has 0 amide bonds. The highest BCUT2D eigenvalue weighted by atomic mass is 15.3. The predicted octanol–water partition coefficient (Wildman–Crippen LogP) is 3.52. The third-order valence-electron chi connectivity index (χ3n) is 3.15. The Morgan fingerprint density at radius 2 is 1.90 bits per heavy atom. The van der Waals surface area contributed by atoms with Gasteiger partial charge < -0.3 is 0 Å². The molecule has 7 heteroatoms. The van der Waals surface area contributed by atoms with E-state index in [0.717, 1.165) is 22.6 Å². The first-order valence-electron chi connectivity index (χ1n) is 6.39. The maximum absolute atomic E-state index is 8.40. The lowest BCUT2D eigenvalue weighted by Gasteiger charge is -2.01. The van der Waals surface area contributed by atoms with Crippen LogP contribution in [0.4, 0.5) is 5.69 Å². The molecule has 0 saturated carbocycles. The van der Waals surface area contributed by atoms with Crippen molar-refractivity contribution in [2.45, 2.75) is 6.92 Å². The Hall–Kier alpha value is -3.05. The maximum atomic E-state index is 8.40. The Morgan fingerprint density at radius 3 is 2.52 bits per heavy atom. The smallest absolute Gasteiger partial charge is 0.0961 e. The number of hydrogen-bond acceptors (Lipinski definition) is 3. The number of rotatable bonds is 3. The summed E-state index contributed by atoms with van der Waals surface area (Å²) in [5, 5.41) is 12.4. The summed E-state index contributed by atoms with van der Waals surface area (Å²) in [5.74, 6) is 0. The molecule has 2 heterocycles. The predicted molar refractivity (Wildman–Crippen MR) is 79.3 cm³/mol. The van der Waals surface area contributed by atoms with Crippen LogP contribution in [0.5, 0.6) is 0 Å². The minimum atomic E-state index is 0.580. The summed E-state index contributed by atoms with van der Waals surface area (Å²) in [4.78, 5) is 2.76. The van der Waals surface area contributed by atoms with E-state index in [0.29, 0.717) is 5.69 Å². The van der Waals surface area contributed by atoms with E-state index in [1.54, 1.807) is 21.5 Å². The van der Waals surface area contributed by atoms with Gasteiger partial charge in [0.25, 0.3) is 0 Å². The number of aryl methyl sites for hydroxylation is 2. The quantitative estimate of drug-likeness (QED) is 0.417. The van der Waals surface area contributed by atoms with Crippen LogP contribution < -0.4 is 0 Å². The molecule has 0 spiro atoms. The molecular formula is C14H13N7. The van der Waals surface area contributed by atoms with Crippen LogP contribution in [-0.4, -0.2) is 19.6 Å². The molecule has 0 unspecified atom stereocenters. The van der Waals surface area contributed by atoms with Gasteiger partial charge in [0.2, 0.25) is 0 Å². The van der Waals surface area contributed by atoms with E-state index >= 15 is 0 Å². The van der Waals surface area contributed by atoms with Crippen molar-refractivity contribution < 1.29 is 0 Å². The van der Waals surface area contributed by atoms with Crippen LogP contribution in [0.15, 0.2) is 47.8 Å². The zero-order chi connectivity index (χ0) is 14.8. The lowest BCUT2D eigenvalue weighted by atomic mass is 10.2. The zero-order valence-electron chi connectivity index (χ0n) is 11.7. The first-order chi connectivity index (χ1) is 10.2. The van der Waals surface area contributed by atoms with Crippen LogP contribution in [0.25, 0.3) is 27.4 Å². The van der Waals surface area contributed by atoms with Gasteiger partial charge in [-0.2, -0.15) is 10.2 Å². The number of nitrogens with zero attached hydrogens (tertiary/aromatic N) is 7. The second-order valence-electron chi connectivity index (χ2n) is 4.65. The standard InChI is InChI=1S/C14H13N7/c1-10-13(9-20(2)17-10)14-7-8-21(18-14)12-5-3-11(4-6-12)16-19-15/h3-9H,1-2H3. The molecule has 0 atom stereocenters. The topological polar surface area (TPSA) is 84.4 Å². The molecule has 3 aromatic rings. The summed E-state index contributed by atoms with van der Waals surface area (Å²) in [6.45, 7) is 1.96. The molecule has 0 aliphatic rings. The highest BCUT2D eigenvalue weighted by molar-refractivity contribution is 5.60. The zero-order valence-corrected chi connectivity index (χ0v) is 11.7. The fraction of sp³-hybridized carbons (Fsp3) is 0.143. The summed E-state index contributed by atoms with van der Waals surface area (Å²) in [5.41, 5.74) is 12.7. The van der Waals surface area contributed by atoms with Gasteiger partial charge in [0.15, 0.2) is 0 Å². The molecule has 104 valence electrons. The summed E-state index contributed by atoms with van der Waals surface area (Å²) in [6.07, 6.45) is 3.84. The number of benzene rings is 1. The van der Waals surface area contributed by atoms with Crippen molar-refractivity contribution >= 4 is 5.69 Å². The van der Waals surface area contributed by atoms with E-state index < -0.39 is 0 Å². The van der Waals surface area contributed by atoms with E-state index in [1.807, 2.05) is 44.6 Å². The van der Waals surface area contributed by atoms with Crippen molar-refractivity contribution in [1.29, 1.82) is 0 Å². The molecule has 1 aromatic carbocycles. The molecule has 21 heavy (non-hydrogen) atoms. The fourth-order valence-electron chi connectivity index (χ4n) is 2.19. The van der Waals surface area contributed by atoms with Crippen LogP contribution in [0.1, 0.15) is 5.69 Å². The summed E-state index contributed by atoms with van der Waals surface area (Å²) < 4.78 is 3.56. The summed E-state index contributed by atoms with van der Waals surface area (Å²) in [7, 11) is 1.89. The molecular weight excluding hydrogens is 266 g/mol. The Labute approximate surface area is 121 Å². The molecule has 0 fully saturated rings. The normalized spacial score (nSPS) is 10.4. The van der Waals surface area contributed by atoms with Crippen LogP contribution in [0.3, 0.4) is 0 Å². The van der Waals surface area contributed by atoms with Gasteiger partial charge in [-0.3, -0.25) is 4.68 Å². The molecule has 0 aliphatic carbocycles. The molecule has 0 saturated heterocycles. The Bertz CT molecular complexity index is 819. The van der Waals surface area contributed by atoms with E-state index in [2.05, 4.69) is 20.2 Å². The van der Waals surface area contributed by atoms with Crippen molar-refractivity contribution in [2.24, 2.45) is 12.2 Å². The molecule has 0 aliphatic heterocycles. The van der Waals surface area contributed by atoms with E-state index in [-0.39, 0.29) is 0 Å².